The summed E-state index contributed by atoms with van der Waals surface area (Å²) in [5.41, 5.74) is 3.45. The maximum absolute atomic E-state index is 11.6. The highest BCUT2D eigenvalue weighted by Crippen LogP contribution is 2.31. The lowest BCUT2D eigenvalue weighted by atomic mass is 10.0. The molecule has 2 heterocycles. The van der Waals surface area contributed by atoms with Crippen LogP contribution in [-0.4, -0.2) is 28.7 Å². The molecule has 0 saturated heterocycles. The lowest BCUT2D eigenvalue weighted by Crippen LogP contribution is -2.14. The largest absolute Gasteiger partial charge is 0.357 e. The second-order valence-corrected chi connectivity index (χ2v) is 10.1. The zero-order valence-corrected chi connectivity index (χ0v) is 19.9. The molecule has 0 spiro atoms. The molecule has 0 aliphatic carbocycles. The van der Waals surface area contributed by atoms with Gasteiger partial charge in [0.05, 0.1) is 17.4 Å². The smallest absolute Gasteiger partial charge is 0.353 e. The molecule has 170 valence electrons. The molecule has 4 rings (SSSR count). The van der Waals surface area contributed by atoms with Crippen molar-refractivity contribution in [3.63, 3.8) is 0 Å². The van der Waals surface area contributed by atoms with Gasteiger partial charge >= 0.3 is 10.3 Å². The summed E-state index contributed by atoms with van der Waals surface area (Å²) in [5, 5.41) is 8.61. The summed E-state index contributed by atoms with van der Waals surface area (Å²) in [7, 11) is -4.33. The fourth-order valence-corrected chi connectivity index (χ4v) is 5.25. The minimum absolute atomic E-state index is 0.0993. The Kier molecular flexibility index (Phi) is 6.84. The summed E-state index contributed by atoms with van der Waals surface area (Å²) in [6.45, 7) is 1.48. The molecular weight excluding hydrogens is 480 g/mol. The zero-order chi connectivity index (χ0) is 23.4. The predicted octanol–water partition coefficient (Wildman–Crippen LogP) is 5.08. The van der Waals surface area contributed by atoms with E-state index in [4.69, 9.17) is 9.54 Å². The van der Waals surface area contributed by atoms with Crippen LogP contribution in [0.2, 0.25) is 0 Å². The molecule has 0 aliphatic rings. The van der Waals surface area contributed by atoms with Gasteiger partial charge in [0, 0.05) is 23.2 Å². The number of aromatic nitrogens is 2. The first-order chi connectivity index (χ1) is 15.8. The molecule has 1 atom stereocenters. The average Bonchev–Trinajstić information content (AvgIpc) is 3.44. The number of Topliss-reactive ketones (excluding diaryl/α,β-unsaturated/α-hetero) is 1. The fourth-order valence-electron chi connectivity index (χ4n) is 3.13. The van der Waals surface area contributed by atoms with Crippen LogP contribution in [0.3, 0.4) is 0 Å². The second kappa shape index (κ2) is 9.79. The first-order valence-corrected chi connectivity index (χ1v) is 13.0. The van der Waals surface area contributed by atoms with Gasteiger partial charge in [0.15, 0.2) is 10.9 Å². The Bertz CT molecular complexity index is 1350. The molecule has 0 amide bonds. The van der Waals surface area contributed by atoms with Crippen LogP contribution >= 0.6 is 22.7 Å². The lowest BCUT2D eigenvalue weighted by molar-refractivity contribution is 0.101. The van der Waals surface area contributed by atoms with Gasteiger partial charge in [-0.15, -0.1) is 22.7 Å². The first kappa shape index (κ1) is 23.1. The van der Waals surface area contributed by atoms with E-state index in [2.05, 4.69) is 10.3 Å². The van der Waals surface area contributed by atoms with Crippen molar-refractivity contribution in [3.05, 3.63) is 82.3 Å². The second-order valence-electron chi connectivity index (χ2n) is 7.21. The van der Waals surface area contributed by atoms with Crippen LogP contribution in [-0.2, 0) is 16.7 Å². The van der Waals surface area contributed by atoms with Gasteiger partial charge in [-0.05, 0) is 24.1 Å². The number of thiazole rings is 2. The summed E-state index contributed by atoms with van der Waals surface area (Å²) >= 11 is 2.90. The van der Waals surface area contributed by atoms with Crippen molar-refractivity contribution in [1.29, 1.82) is 0 Å². The SMILES string of the molecule is CC(=O)c1csc(NC(Cc2ccc(NS(=O)(=O)O)cc2)c2csc(-c3ccccc3)n2)n1. The molecule has 33 heavy (non-hydrogen) atoms. The van der Waals surface area contributed by atoms with Crippen LogP contribution in [0.5, 0.6) is 0 Å². The minimum Gasteiger partial charge on any atom is -0.353 e. The van der Waals surface area contributed by atoms with Gasteiger partial charge in [-0.1, -0.05) is 42.5 Å². The van der Waals surface area contributed by atoms with Crippen LogP contribution in [0, 0.1) is 0 Å². The van der Waals surface area contributed by atoms with Gasteiger partial charge in [0.1, 0.15) is 10.7 Å². The number of benzene rings is 2. The van der Waals surface area contributed by atoms with Crippen molar-refractivity contribution in [2.45, 2.75) is 19.4 Å². The van der Waals surface area contributed by atoms with Gasteiger partial charge < -0.3 is 5.32 Å². The molecule has 3 N–H and O–H groups in total. The van der Waals surface area contributed by atoms with E-state index in [9.17, 15) is 13.2 Å². The third-order valence-corrected chi connectivity index (χ3v) is 6.88. The van der Waals surface area contributed by atoms with E-state index in [1.54, 1.807) is 41.0 Å². The van der Waals surface area contributed by atoms with Crippen molar-refractivity contribution in [1.82, 2.24) is 9.97 Å². The van der Waals surface area contributed by atoms with Crippen molar-refractivity contribution < 1.29 is 17.8 Å². The van der Waals surface area contributed by atoms with Crippen LogP contribution in [0.4, 0.5) is 10.8 Å². The molecule has 11 heteroatoms. The Morgan fingerprint density at radius 3 is 2.39 bits per heavy atom. The first-order valence-electron chi connectivity index (χ1n) is 9.85. The Morgan fingerprint density at radius 1 is 1.03 bits per heavy atom. The molecule has 8 nitrogen and oxygen atoms in total. The third kappa shape index (κ3) is 6.23. The predicted molar refractivity (Wildman–Crippen MR) is 131 cm³/mol. The van der Waals surface area contributed by atoms with Gasteiger partial charge in [-0.25, -0.2) is 9.97 Å². The normalized spacial score (nSPS) is 12.3. The summed E-state index contributed by atoms with van der Waals surface area (Å²) in [4.78, 5) is 20.8. The van der Waals surface area contributed by atoms with Crippen molar-refractivity contribution in [3.8, 4) is 10.6 Å². The topological polar surface area (TPSA) is 121 Å². The molecule has 2 aromatic heterocycles. The maximum atomic E-state index is 11.6. The fraction of sp³-hybridized carbons (Fsp3) is 0.136. The van der Waals surface area contributed by atoms with Crippen molar-refractivity contribution in [2.75, 3.05) is 10.0 Å². The highest BCUT2D eigenvalue weighted by molar-refractivity contribution is 7.87. The average molecular weight is 501 g/mol. The maximum Gasteiger partial charge on any atom is 0.357 e. The van der Waals surface area contributed by atoms with E-state index < -0.39 is 10.3 Å². The molecule has 4 aromatic rings. The molecule has 0 fully saturated rings. The molecule has 0 bridgehead atoms. The number of hydrogen-bond acceptors (Lipinski definition) is 8. The third-order valence-electron chi connectivity index (χ3n) is 4.70. The Labute approximate surface area is 199 Å². The summed E-state index contributed by atoms with van der Waals surface area (Å²) < 4.78 is 33.0. The number of anilines is 2. The molecule has 0 saturated carbocycles. The van der Waals surface area contributed by atoms with Crippen LogP contribution in [0.1, 0.15) is 34.7 Å². The number of carbonyl (C=O) groups is 1. The van der Waals surface area contributed by atoms with Crippen molar-refractivity contribution >= 4 is 49.6 Å². The Balaban J connectivity index is 1.60. The molecule has 1 unspecified atom stereocenters. The number of ketones is 1. The van der Waals surface area contributed by atoms with E-state index in [1.807, 2.05) is 40.4 Å². The number of nitrogens with zero attached hydrogens (tertiary/aromatic N) is 2. The molecular formula is C22H20N4O4S3. The highest BCUT2D eigenvalue weighted by Gasteiger charge is 2.19. The monoisotopic (exact) mass is 500 g/mol. The Hall–Kier alpha value is -3.12. The van der Waals surface area contributed by atoms with Crippen LogP contribution in [0.15, 0.2) is 65.4 Å². The van der Waals surface area contributed by atoms with Gasteiger partial charge in [0.25, 0.3) is 0 Å². The summed E-state index contributed by atoms with van der Waals surface area (Å²) in [5.74, 6) is -0.0993. The number of nitrogens with one attached hydrogen (secondary N) is 2. The molecule has 2 aromatic carbocycles. The van der Waals surface area contributed by atoms with Crippen LogP contribution < -0.4 is 10.0 Å². The van der Waals surface area contributed by atoms with Crippen molar-refractivity contribution in [2.24, 2.45) is 0 Å². The lowest BCUT2D eigenvalue weighted by Gasteiger charge is -2.17. The quantitative estimate of drug-likeness (QED) is 0.216. The summed E-state index contributed by atoms with van der Waals surface area (Å²) in [6, 6.07) is 16.4. The zero-order valence-electron chi connectivity index (χ0n) is 17.4. The Morgan fingerprint density at radius 2 is 1.76 bits per heavy atom. The number of carbonyl (C=O) groups excluding carboxylic acids is 1. The van der Waals surface area contributed by atoms with E-state index in [-0.39, 0.29) is 17.5 Å². The van der Waals surface area contributed by atoms with Gasteiger partial charge in [-0.2, -0.15) is 8.42 Å². The molecule has 0 radical (unpaired) electrons. The highest BCUT2D eigenvalue weighted by atomic mass is 32.2. The van der Waals surface area contributed by atoms with Gasteiger partial charge in [-0.3, -0.25) is 14.1 Å². The minimum atomic E-state index is -4.33. The standard InChI is InChI=1S/C22H20N4O4S3/c1-14(27)19-12-32-22(25-19)24-18(11-15-7-9-17(10-8-15)26-33(28,29)30)20-13-31-21(23-20)16-5-3-2-4-6-16/h2-10,12-13,18,26H,11H2,1H3,(H,24,25)(H,28,29,30). The molecule has 0 aliphatic heterocycles. The summed E-state index contributed by atoms with van der Waals surface area (Å²) in [6.07, 6.45) is 0.541. The van der Waals surface area contributed by atoms with E-state index in [1.165, 1.54) is 18.3 Å². The number of hydrogen-bond donors (Lipinski definition) is 3. The van der Waals surface area contributed by atoms with Crippen LogP contribution in [0.25, 0.3) is 10.6 Å². The van der Waals surface area contributed by atoms with E-state index in [0.717, 1.165) is 21.8 Å². The van der Waals surface area contributed by atoms with E-state index >= 15 is 0 Å². The van der Waals surface area contributed by atoms with Gasteiger partial charge in [0.2, 0.25) is 0 Å². The van der Waals surface area contributed by atoms with E-state index in [0.29, 0.717) is 17.2 Å². The number of rotatable bonds is 9.